The van der Waals surface area contributed by atoms with E-state index in [1.165, 1.54) is 0 Å². The van der Waals surface area contributed by atoms with Crippen LogP contribution in [0.1, 0.15) is 31.9 Å². The molecule has 1 amide bonds. The van der Waals surface area contributed by atoms with Crippen molar-refractivity contribution in [1.82, 2.24) is 5.32 Å². The lowest BCUT2D eigenvalue weighted by Gasteiger charge is -2.14. The Morgan fingerprint density at radius 1 is 1.12 bits per heavy atom. The van der Waals surface area contributed by atoms with E-state index in [-0.39, 0.29) is 18.2 Å². The van der Waals surface area contributed by atoms with Gasteiger partial charge in [0.25, 0.3) is 11.1 Å². The van der Waals surface area contributed by atoms with Gasteiger partial charge in [-0.15, -0.1) is 0 Å². The van der Waals surface area contributed by atoms with E-state index in [0.29, 0.717) is 10.7 Å². The van der Waals surface area contributed by atoms with Crippen LogP contribution in [-0.4, -0.2) is 18.7 Å². The minimum absolute atomic E-state index is 0.0834. The Bertz CT molecular complexity index is 837. The molecular formula is C21H24ClN2O2+. The number of nitrogens with one attached hydrogen (secondary N) is 1. The van der Waals surface area contributed by atoms with Gasteiger partial charge in [-0.1, -0.05) is 51.1 Å². The summed E-state index contributed by atoms with van der Waals surface area (Å²) in [6.45, 7) is 5.83. The highest BCUT2D eigenvalue weighted by Gasteiger charge is 2.26. The van der Waals surface area contributed by atoms with Crippen molar-refractivity contribution in [3.05, 3.63) is 64.9 Å². The molecule has 4 nitrogen and oxygen atoms in total. The van der Waals surface area contributed by atoms with Gasteiger partial charge in [-0.2, -0.15) is 4.57 Å². The van der Waals surface area contributed by atoms with Gasteiger partial charge in [0.2, 0.25) is 12.3 Å². The van der Waals surface area contributed by atoms with E-state index in [4.69, 9.17) is 11.6 Å². The van der Waals surface area contributed by atoms with Gasteiger partial charge in [0.05, 0.1) is 0 Å². The maximum Gasteiger partial charge on any atom is 0.275 e. The number of amides is 1. The number of likely N-dealkylation sites (N-methyl/N-ethyl adjacent to an activating group) is 1. The van der Waals surface area contributed by atoms with Crippen molar-refractivity contribution in [3.8, 4) is 0 Å². The molecule has 0 saturated heterocycles. The van der Waals surface area contributed by atoms with Crippen LogP contribution < -0.4 is 9.88 Å². The van der Waals surface area contributed by atoms with E-state index in [9.17, 15) is 9.59 Å². The second kappa shape index (κ2) is 8.28. The van der Waals surface area contributed by atoms with Crippen LogP contribution in [0.2, 0.25) is 5.15 Å². The zero-order valence-corrected chi connectivity index (χ0v) is 16.3. The summed E-state index contributed by atoms with van der Waals surface area (Å²) in [5.41, 5.74) is 1.71. The summed E-state index contributed by atoms with van der Waals surface area (Å²) in [6, 6.07) is 13.0. The summed E-state index contributed by atoms with van der Waals surface area (Å²) < 4.78 is 1.70. The molecule has 0 aliphatic heterocycles. The molecule has 0 fully saturated rings. The average molecular weight is 372 g/mol. The fourth-order valence-electron chi connectivity index (χ4n) is 2.34. The summed E-state index contributed by atoms with van der Waals surface area (Å²) in [5, 5.41) is 3.14. The molecule has 0 radical (unpaired) electrons. The Labute approximate surface area is 159 Å². The largest absolute Gasteiger partial charge is 0.355 e. The molecule has 2 aromatic rings. The number of benzene rings is 1. The minimum Gasteiger partial charge on any atom is -0.355 e. The van der Waals surface area contributed by atoms with Crippen molar-refractivity contribution in [1.29, 1.82) is 0 Å². The molecule has 0 aliphatic carbocycles. The molecule has 0 saturated carbocycles. The molecule has 2 rings (SSSR count). The van der Waals surface area contributed by atoms with Crippen molar-refractivity contribution in [3.63, 3.8) is 0 Å². The fraction of sp³-hybridized carbons (Fsp3) is 0.286. The second-order valence-electron chi connectivity index (χ2n) is 7.09. The molecule has 0 atom stereocenters. The lowest BCUT2D eigenvalue weighted by molar-refractivity contribution is -0.682. The fourth-order valence-corrected chi connectivity index (χ4v) is 2.51. The van der Waals surface area contributed by atoms with Gasteiger partial charge >= 0.3 is 0 Å². The number of Topliss-reactive ketones (excluding diaryl/α,β-unsaturated/α-hetero) is 1. The third kappa shape index (κ3) is 5.02. The summed E-state index contributed by atoms with van der Waals surface area (Å²) in [4.78, 5) is 24.6. The predicted octanol–water partition coefficient (Wildman–Crippen LogP) is 3.53. The van der Waals surface area contributed by atoms with Crippen molar-refractivity contribution in [2.75, 3.05) is 7.05 Å². The number of nitrogens with zero attached hydrogens (tertiary/aromatic N) is 1. The molecule has 1 aromatic carbocycles. The Kier molecular flexibility index (Phi) is 6.32. The normalized spacial score (nSPS) is 12.0. The van der Waals surface area contributed by atoms with Crippen LogP contribution in [-0.2, 0) is 16.1 Å². The first-order chi connectivity index (χ1) is 12.2. The van der Waals surface area contributed by atoms with Gasteiger partial charge in [-0.3, -0.25) is 9.59 Å². The number of aromatic nitrogens is 1. The number of carbonyl (C=O) groups is 2. The van der Waals surface area contributed by atoms with Crippen LogP contribution in [0.4, 0.5) is 0 Å². The first-order valence-electron chi connectivity index (χ1n) is 8.44. The van der Waals surface area contributed by atoms with Gasteiger partial charge in [-0.05, 0) is 29.3 Å². The molecule has 0 spiro atoms. The molecular weight excluding hydrogens is 348 g/mol. The van der Waals surface area contributed by atoms with E-state index in [2.05, 4.69) is 5.32 Å². The Hall–Kier alpha value is -2.46. The maximum atomic E-state index is 12.3. The quantitative estimate of drug-likeness (QED) is 0.496. The predicted molar refractivity (Wildman–Crippen MR) is 104 cm³/mol. The lowest BCUT2D eigenvalue weighted by atomic mass is 9.91. The first kappa shape index (κ1) is 19.9. The summed E-state index contributed by atoms with van der Waals surface area (Å²) in [7, 11) is 1.60. The Morgan fingerprint density at radius 2 is 1.77 bits per heavy atom. The minimum atomic E-state index is -0.445. The van der Waals surface area contributed by atoms with Crippen LogP contribution in [0.3, 0.4) is 0 Å². The molecule has 0 unspecified atom stereocenters. The highest BCUT2D eigenvalue weighted by Crippen LogP contribution is 2.19. The lowest BCUT2D eigenvalue weighted by Crippen LogP contribution is -2.42. The van der Waals surface area contributed by atoms with Gasteiger partial charge in [0.15, 0.2) is 6.20 Å². The van der Waals surface area contributed by atoms with Crippen LogP contribution in [0.25, 0.3) is 11.6 Å². The van der Waals surface area contributed by atoms with Crippen molar-refractivity contribution < 1.29 is 14.2 Å². The number of carbonyl (C=O) groups excluding carboxylic acids is 2. The maximum absolute atomic E-state index is 12.3. The van der Waals surface area contributed by atoms with Gasteiger partial charge in [-0.25, -0.2) is 0 Å². The topological polar surface area (TPSA) is 50.1 Å². The molecule has 1 heterocycles. The van der Waals surface area contributed by atoms with Crippen molar-refractivity contribution >= 4 is 34.9 Å². The number of rotatable bonds is 5. The zero-order valence-electron chi connectivity index (χ0n) is 15.5. The molecule has 1 N–H and O–H groups in total. The molecule has 1 aromatic heterocycles. The summed E-state index contributed by atoms with van der Waals surface area (Å²) in [5.74, 6) is -0.0939. The second-order valence-corrected chi connectivity index (χ2v) is 7.48. The summed E-state index contributed by atoms with van der Waals surface area (Å²) >= 11 is 6.24. The van der Waals surface area contributed by atoms with Crippen molar-refractivity contribution in [2.24, 2.45) is 5.41 Å². The average Bonchev–Trinajstić information content (AvgIpc) is 2.61. The number of halogens is 1. The first-order valence-corrected chi connectivity index (χ1v) is 8.81. The van der Waals surface area contributed by atoms with Crippen LogP contribution in [0.15, 0.2) is 48.7 Å². The third-order valence-electron chi connectivity index (χ3n) is 4.01. The van der Waals surface area contributed by atoms with Gasteiger partial charge < -0.3 is 5.32 Å². The molecule has 26 heavy (non-hydrogen) atoms. The highest BCUT2D eigenvalue weighted by atomic mass is 35.5. The van der Waals surface area contributed by atoms with Gasteiger partial charge in [0, 0.05) is 29.7 Å². The van der Waals surface area contributed by atoms with E-state index >= 15 is 0 Å². The zero-order chi connectivity index (χ0) is 19.3. The third-order valence-corrected chi connectivity index (χ3v) is 4.35. The van der Waals surface area contributed by atoms with E-state index in [0.717, 1.165) is 11.1 Å². The highest BCUT2D eigenvalue weighted by molar-refractivity contribution is 6.28. The van der Waals surface area contributed by atoms with Crippen molar-refractivity contribution in [2.45, 2.75) is 27.3 Å². The smallest absolute Gasteiger partial charge is 0.275 e. The van der Waals surface area contributed by atoms with Crippen LogP contribution >= 0.6 is 11.6 Å². The van der Waals surface area contributed by atoms with E-state index in [1.54, 1.807) is 30.0 Å². The Morgan fingerprint density at radius 3 is 2.35 bits per heavy atom. The van der Waals surface area contributed by atoms with E-state index < -0.39 is 5.41 Å². The molecule has 0 aliphatic rings. The molecule has 0 bridgehead atoms. The SMILES string of the molecule is CNC(=O)C(=Cc1ccc(Cl)[n+](CC(=O)C(C)(C)C)c1)c1ccccc1. The van der Waals surface area contributed by atoms with Crippen LogP contribution in [0.5, 0.6) is 0 Å². The molecule has 136 valence electrons. The monoisotopic (exact) mass is 371 g/mol. The Balaban J connectivity index is 2.43. The van der Waals surface area contributed by atoms with Gasteiger partial charge in [0.1, 0.15) is 0 Å². The summed E-state index contributed by atoms with van der Waals surface area (Å²) in [6.07, 6.45) is 3.58. The number of hydrogen-bond acceptors (Lipinski definition) is 2. The van der Waals surface area contributed by atoms with Crippen LogP contribution in [0, 0.1) is 5.41 Å². The number of pyridine rings is 1. The number of ketones is 1. The standard InChI is InChI=1S/C21H23ClN2O2/c1-21(2,3)18(25)14-24-13-15(10-11-19(24)22)12-17(20(26)23-4)16-8-6-5-7-9-16/h5-13H,14H2,1-4H3/p+1. The van der Waals surface area contributed by atoms with E-state index in [1.807, 2.05) is 57.2 Å². The molecule has 5 heteroatoms. The number of hydrogen-bond donors (Lipinski definition) is 1.